The van der Waals surface area contributed by atoms with Crippen LogP contribution in [0.4, 0.5) is 17.3 Å². The van der Waals surface area contributed by atoms with E-state index in [1.165, 1.54) is 0 Å². The molecule has 11 heteroatoms. The van der Waals surface area contributed by atoms with Gasteiger partial charge in [0.25, 0.3) is 5.89 Å². The van der Waals surface area contributed by atoms with Crippen LogP contribution < -0.4 is 10.6 Å². The molecule has 3 saturated heterocycles. The number of pyridine rings is 2. The Kier molecular flexibility index (Phi) is 6.43. The number of aliphatic hydroxyl groups excluding tert-OH is 1. The lowest BCUT2D eigenvalue weighted by molar-refractivity contribution is 0.00833. The average molecular weight is 568 g/mol. The zero-order chi connectivity index (χ0) is 28.9. The highest BCUT2D eigenvalue weighted by atomic mass is 16.6. The summed E-state index contributed by atoms with van der Waals surface area (Å²) in [6, 6.07) is 14.6. The van der Waals surface area contributed by atoms with E-state index < -0.39 is 5.60 Å². The summed E-state index contributed by atoms with van der Waals surface area (Å²) in [5.74, 6) is 1.80. The maximum atomic E-state index is 12.2. The number of hydrogen-bond donors (Lipinski definition) is 3. The molecule has 4 aromatic rings. The summed E-state index contributed by atoms with van der Waals surface area (Å²) < 4.78 is 11.3. The van der Waals surface area contributed by atoms with Gasteiger partial charge in [-0.1, -0.05) is 35.5 Å². The largest absolute Gasteiger partial charge is 0.449 e. The van der Waals surface area contributed by atoms with Gasteiger partial charge in [0.05, 0.1) is 29.5 Å². The SMILES string of the molecule is CC1(C)OC(=O)c2ccc(Nc3cc(NC(CO)c4ccccc4)c(-c4nc(C56CCN(CC5)CC6)no4)cn3)nc21. The predicted octanol–water partition coefficient (Wildman–Crippen LogP) is 4.56. The van der Waals surface area contributed by atoms with E-state index in [2.05, 4.69) is 30.7 Å². The average Bonchev–Trinajstić information content (AvgIpc) is 3.60. The number of aliphatic hydroxyl groups is 1. The number of carbonyl (C=O) groups is 1. The Bertz CT molecular complexity index is 1620. The van der Waals surface area contributed by atoms with Crippen molar-refractivity contribution in [2.45, 2.75) is 50.2 Å². The molecule has 0 aliphatic carbocycles. The molecule has 11 nitrogen and oxygen atoms in total. The van der Waals surface area contributed by atoms with Crippen molar-refractivity contribution in [3.63, 3.8) is 0 Å². The van der Waals surface area contributed by atoms with Gasteiger partial charge >= 0.3 is 5.97 Å². The Balaban J connectivity index is 1.23. The van der Waals surface area contributed by atoms with E-state index in [0.29, 0.717) is 40.0 Å². The summed E-state index contributed by atoms with van der Waals surface area (Å²) in [4.78, 5) is 28.9. The van der Waals surface area contributed by atoms with Gasteiger partial charge in [0.15, 0.2) is 5.82 Å². The van der Waals surface area contributed by atoms with Crippen LogP contribution in [-0.4, -0.2) is 62.3 Å². The smallest absolute Gasteiger partial charge is 0.341 e. The lowest BCUT2D eigenvalue weighted by Gasteiger charge is -2.46. The summed E-state index contributed by atoms with van der Waals surface area (Å²) in [5, 5.41) is 21.5. The lowest BCUT2D eigenvalue weighted by atomic mass is 9.71. The van der Waals surface area contributed by atoms with Crippen molar-refractivity contribution in [1.82, 2.24) is 25.0 Å². The first-order valence-corrected chi connectivity index (χ1v) is 14.3. The van der Waals surface area contributed by atoms with Crippen molar-refractivity contribution >= 4 is 23.3 Å². The molecular weight excluding hydrogens is 534 g/mol. The second-order valence-electron chi connectivity index (χ2n) is 11.8. The highest BCUT2D eigenvalue weighted by Gasteiger charge is 2.44. The number of nitrogens with zero attached hydrogens (tertiary/aromatic N) is 5. The minimum absolute atomic E-state index is 0.0468. The van der Waals surface area contributed by atoms with E-state index in [4.69, 9.17) is 14.2 Å². The van der Waals surface area contributed by atoms with Gasteiger partial charge in [-0.2, -0.15) is 4.98 Å². The zero-order valence-corrected chi connectivity index (χ0v) is 23.6. The van der Waals surface area contributed by atoms with Gasteiger partial charge in [-0.05, 0) is 70.4 Å². The van der Waals surface area contributed by atoms with Gasteiger partial charge in [0.2, 0.25) is 0 Å². The van der Waals surface area contributed by atoms with Crippen molar-refractivity contribution in [3.05, 3.63) is 77.4 Å². The second kappa shape index (κ2) is 10.2. The van der Waals surface area contributed by atoms with Crippen molar-refractivity contribution in [2.75, 3.05) is 36.9 Å². The fourth-order valence-corrected chi connectivity index (χ4v) is 6.25. The fourth-order valence-electron chi connectivity index (χ4n) is 6.25. The summed E-state index contributed by atoms with van der Waals surface area (Å²) in [7, 11) is 0. The molecule has 4 aliphatic rings. The number of ether oxygens (including phenoxy) is 1. The minimum Gasteiger partial charge on any atom is -0.449 e. The molecule has 7 heterocycles. The van der Waals surface area contributed by atoms with Crippen LogP contribution in [-0.2, 0) is 15.8 Å². The van der Waals surface area contributed by atoms with Crippen molar-refractivity contribution in [1.29, 1.82) is 0 Å². The molecule has 0 saturated carbocycles. The van der Waals surface area contributed by atoms with Crippen LogP contribution in [0.15, 0.2) is 59.3 Å². The maximum Gasteiger partial charge on any atom is 0.341 e. The number of cyclic esters (lactones) is 1. The third-order valence-electron chi connectivity index (χ3n) is 8.76. The van der Waals surface area contributed by atoms with E-state index in [1.807, 2.05) is 50.2 Å². The molecule has 3 aromatic heterocycles. The first-order chi connectivity index (χ1) is 20.3. The molecule has 1 aromatic carbocycles. The molecular formula is C31H33N7O4. The topological polar surface area (TPSA) is 139 Å². The Morgan fingerprint density at radius 1 is 1.00 bits per heavy atom. The normalized spacial score (nSPS) is 22.8. The Morgan fingerprint density at radius 3 is 2.50 bits per heavy atom. The van der Waals surface area contributed by atoms with E-state index in [9.17, 15) is 9.90 Å². The number of piperidine rings is 3. The van der Waals surface area contributed by atoms with E-state index in [-0.39, 0.29) is 24.0 Å². The van der Waals surface area contributed by atoms with Crippen LogP contribution in [0.5, 0.6) is 0 Å². The maximum absolute atomic E-state index is 12.2. The number of aromatic nitrogens is 4. The molecule has 1 unspecified atom stereocenters. The molecule has 8 rings (SSSR count). The Hall–Kier alpha value is -4.35. The highest BCUT2D eigenvalue weighted by molar-refractivity contribution is 5.94. The fraction of sp³-hybridized carbons (Fsp3) is 0.387. The van der Waals surface area contributed by atoms with Crippen molar-refractivity contribution in [2.24, 2.45) is 0 Å². The quantitative estimate of drug-likeness (QED) is 0.258. The summed E-state index contributed by atoms with van der Waals surface area (Å²) in [6.07, 6.45) is 4.77. The van der Waals surface area contributed by atoms with Crippen LogP contribution in [0.2, 0.25) is 0 Å². The zero-order valence-electron chi connectivity index (χ0n) is 23.6. The van der Waals surface area contributed by atoms with Crippen molar-refractivity contribution < 1.29 is 19.2 Å². The predicted molar refractivity (Wildman–Crippen MR) is 155 cm³/mol. The molecule has 42 heavy (non-hydrogen) atoms. The molecule has 4 aliphatic heterocycles. The number of rotatable bonds is 8. The van der Waals surface area contributed by atoms with Crippen LogP contribution >= 0.6 is 0 Å². The Labute approximate surface area is 243 Å². The number of fused-ring (bicyclic) bond motifs is 4. The number of benzene rings is 1. The van der Waals surface area contributed by atoms with Gasteiger partial charge < -0.3 is 29.9 Å². The first-order valence-electron chi connectivity index (χ1n) is 14.3. The number of hydrogen-bond acceptors (Lipinski definition) is 11. The number of carbonyl (C=O) groups excluding carboxylic acids is 1. The second-order valence-corrected chi connectivity index (χ2v) is 11.8. The highest BCUT2D eigenvalue weighted by Crippen LogP contribution is 2.43. The molecule has 0 radical (unpaired) electrons. The van der Waals surface area contributed by atoms with E-state index in [0.717, 1.165) is 50.3 Å². The summed E-state index contributed by atoms with van der Waals surface area (Å²) >= 11 is 0. The standard InChI is InChI=1S/C31H33N7O4/c1-30(2)26-20(28(40)41-30)8-9-24(35-26)34-25-16-22(33-23(18-39)19-6-4-3-5-7-19)21(17-32-25)27-36-29(37-42-27)31-10-13-38(14-11-31)15-12-31/h3-9,16-17,23,39H,10-15,18H2,1-2H3,(H2,32,33,34,35). The minimum atomic E-state index is -0.817. The molecule has 3 fully saturated rings. The number of anilines is 3. The van der Waals surface area contributed by atoms with E-state index >= 15 is 0 Å². The number of esters is 1. The summed E-state index contributed by atoms with van der Waals surface area (Å²) in [5.41, 5.74) is 2.41. The third-order valence-corrected chi connectivity index (χ3v) is 8.76. The van der Waals surface area contributed by atoms with Crippen LogP contribution in [0.3, 0.4) is 0 Å². The van der Waals surface area contributed by atoms with Gasteiger partial charge in [0, 0.05) is 17.7 Å². The monoisotopic (exact) mass is 567 g/mol. The molecule has 3 N–H and O–H groups in total. The van der Waals surface area contributed by atoms with Gasteiger partial charge in [0.1, 0.15) is 22.9 Å². The first kappa shape index (κ1) is 26.5. The van der Waals surface area contributed by atoms with Crippen LogP contribution in [0.25, 0.3) is 11.5 Å². The van der Waals surface area contributed by atoms with E-state index in [1.54, 1.807) is 18.3 Å². The summed E-state index contributed by atoms with van der Waals surface area (Å²) in [6.45, 7) is 6.68. The van der Waals surface area contributed by atoms with Crippen LogP contribution in [0, 0.1) is 0 Å². The molecule has 0 amide bonds. The van der Waals surface area contributed by atoms with Gasteiger partial charge in [-0.15, -0.1) is 0 Å². The van der Waals surface area contributed by atoms with Crippen molar-refractivity contribution in [3.8, 4) is 11.5 Å². The molecule has 216 valence electrons. The third kappa shape index (κ3) is 4.68. The number of nitrogens with one attached hydrogen (secondary N) is 2. The molecule has 0 spiro atoms. The Morgan fingerprint density at radius 2 is 1.76 bits per heavy atom. The van der Waals surface area contributed by atoms with Gasteiger partial charge in [-0.3, -0.25) is 0 Å². The molecule has 1 atom stereocenters. The lowest BCUT2D eigenvalue weighted by Crippen LogP contribution is -2.51. The van der Waals surface area contributed by atoms with Crippen LogP contribution in [0.1, 0.15) is 66.6 Å². The van der Waals surface area contributed by atoms with Gasteiger partial charge in [-0.25, -0.2) is 14.8 Å². The molecule has 2 bridgehead atoms.